The number of hydrogen-bond donors (Lipinski definition) is 1. The molecule has 0 saturated heterocycles. The van der Waals surface area contributed by atoms with Gasteiger partial charge in [0.05, 0.1) is 18.5 Å². The van der Waals surface area contributed by atoms with E-state index in [0.717, 1.165) is 10.6 Å². The Labute approximate surface area is 174 Å². The van der Waals surface area contributed by atoms with Crippen LogP contribution in [0.1, 0.15) is 31.5 Å². The summed E-state index contributed by atoms with van der Waals surface area (Å²) in [5, 5.41) is 7.15. The first-order chi connectivity index (χ1) is 14.7. The Morgan fingerprint density at radius 3 is 2.87 bits per heavy atom. The molecule has 0 bridgehead atoms. The summed E-state index contributed by atoms with van der Waals surface area (Å²) in [4.78, 5) is 36.3. The minimum atomic E-state index is -0.317. The van der Waals surface area contributed by atoms with Gasteiger partial charge in [-0.1, -0.05) is 22.6 Å². The third-order valence-corrected chi connectivity index (χ3v) is 5.63. The predicted molar refractivity (Wildman–Crippen MR) is 107 cm³/mol. The number of fused-ring (bicyclic) bond motifs is 1. The van der Waals surface area contributed by atoms with Crippen LogP contribution in [0.3, 0.4) is 0 Å². The van der Waals surface area contributed by atoms with E-state index in [2.05, 4.69) is 20.4 Å². The molecule has 5 heterocycles. The number of amides is 2. The first-order valence-corrected chi connectivity index (χ1v) is 10.00. The molecular weight excluding hydrogens is 406 g/mol. The van der Waals surface area contributed by atoms with Gasteiger partial charge in [0.25, 0.3) is 11.8 Å². The van der Waals surface area contributed by atoms with E-state index in [1.54, 1.807) is 47.5 Å². The van der Waals surface area contributed by atoms with E-state index in [0.29, 0.717) is 41.9 Å². The van der Waals surface area contributed by atoms with Gasteiger partial charge in [0.2, 0.25) is 5.76 Å². The fourth-order valence-electron chi connectivity index (χ4n) is 3.15. The van der Waals surface area contributed by atoms with Crippen LogP contribution >= 0.6 is 11.3 Å². The molecule has 150 valence electrons. The molecule has 1 aliphatic heterocycles. The van der Waals surface area contributed by atoms with Crippen LogP contribution in [0.2, 0.25) is 0 Å². The fraction of sp³-hybridized carbons (Fsp3) is 0.150. The number of carbonyl (C=O) groups is 2. The molecule has 0 unspecified atom stereocenters. The van der Waals surface area contributed by atoms with Crippen LogP contribution in [0.15, 0.2) is 57.8 Å². The molecule has 2 amide bonds. The molecule has 0 aromatic carbocycles. The van der Waals surface area contributed by atoms with Gasteiger partial charge >= 0.3 is 0 Å². The second-order valence-electron chi connectivity index (χ2n) is 6.59. The van der Waals surface area contributed by atoms with Crippen LogP contribution in [0.25, 0.3) is 11.5 Å². The van der Waals surface area contributed by atoms with Crippen LogP contribution in [-0.4, -0.2) is 38.4 Å². The number of carbonyl (C=O) groups excluding carboxylic acids is 2. The quantitative estimate of drug-likeness (QED) is 0.538. The number of rotatable bonds is 4. The van der Waals surface area contributed by atoms with E-state index < -0.39 is 0 Å². The number of thiazole rings is 1. The largest absolute Gasteiger partial charge is 0.461 e. The van der Waals surface area contributed by atoms with Gasteiger partial charge in [-0.2, -0.15) is 0 Å². The minimum absolute atomic E-state index is 0.220. The van der Waals surface area contributed by atoms with Crippen molar-refractivity contribution < 1.29 is 18.5 Å². The normalized spacial score (nSPS) is 13.1. The average Bonchev–Trinajstić information content (AvgIpc) is 3.53. The lowest BCUT2D eigenvalue weighted by molar-refractivity contribution is 0.0725. The highest BCUT2D eigenvalue weighted by Gasteiger charge is 2.27. The Balaban J connectivity index is 1.28. The van der Waals surface area contributed by atoms with Crippen LogP contribution in [0.4, 0.5) is 5.13 Å². The van der Waals surface area contributed by atoms with Gasteiger partial charge in [-0.3, -0.25) is 19.9 Å². The number of furan rings is 1. The lowest BCUT2D eigenvalue weighted by Gasteiger charge is -2.25. The second-order valence-corrected chi connectivity index (χ2v) is 7.67. The summed E-state index contributed by atoms with van der Waals surface area (Å²) in [6.45, 7) is 0.903. The second kappa shape index (κ2) is 7.56. The molecule has 1 aliphatic rings. The van der Waals surface area contributed by atoms with Gasteiger partial charge in [-0.25, -0.2) is 4.98 Å². The molecule has 0 aliphatic carbocycles. The summed E-state index contributed by atoms with van der Waals surface area (Å²) < 4.78 is 10.5. The molecule has 0 saturated carbocycles. The Morgan fingerprint density at radius 2 is 2.07 bits per heavy atom. The molecule has 9 nitrogen and oxygen atoms in total. The molecule has 30 heavy (non-hydrogen) atoms. The van der Waals surface area contributed by atoms with Crippen molar-refractivity contribution in [2.75, 3.05) is 11.9 Å². The molecule has 4 aromatic rings. The smallest absolute Gasteiger partial charge is 0.276 e. The maximum Gasteiger partial charge on any atom is 0.276 e. The molecular formula is C20H15N5O4S. The Kier molecular flexibility index (Phi) is 4.60. The van der Waals surface area contributed by atoms with Crippen molar-refractivity contribution in [3.8, 4) is 11.5 Å². The van der Waals surface area contributed by atoms with Crippen molar-refractivity contribution in [2.45, 2.75) is 13.0 Å². The van der Waals surface area contributed by atoms with Crippen molar-refractivity contribution in [3.63, 3.8) is 0 Å². The Bertz CT molecular complexity index is 1200. The van der Waals surface area contributed by atoms with Gasteiger partial charge in [0, 0.05) is 30.1 Å². The van der Waals surface area contributed by atoms with Crippen molar-refractivity contribution >= 4 is 28.3 Å². The molecule has 0 radical (unpaired) electrons. The number of hydrogen-bond acceptors (Lipinski definition) is 8. The summed E-state index contributed by atoms with van der Waals surface area (Å²) >= 11 is 1.35. The number of nitrogens with zero attached hydrogens (tertiary/aromatic N) is 4. The van der Waals surface area contributed by atoms with Crippen LogP contribution in [-0.2, 0) is 13.0 Å². The molecule has 0 fully saturated rings. The van der Waals surface area contributed by atoms with Crippen molar-refractivity contribution in [1.29, 1.82) is 0 Å². The topological polar surface area (TPSA) is 114 Å². The van der Waals surface area contributed by atoms with Gasteiger partial charge < -0.3 is 13.8 Å². The van der Waals surface area contributed by atoms with Crippen molar-refractivity contribution in [3.05, 3.63) is 70.8 Å². The summed E-state index contributed by atoms with van der Waals surface area (Å²) in [5.74, 6) is 0.369. The monoisotopic (exact) mass is 421 g/mol. The highest BCUT2D eigenvalue weighted by atomic mass is 32.1. The molecule has 1 N–H and O–H groups in total. The predicted octanol–water partition coefficient (Wildman–Crippen LogP) is 3.24. The number of nitrogens with one attached hydrogen (secondary N) is 1. The van der Waals surface area contributed by atoms with E-state index in [1.807, 2.05) is 0 Å². The molecule has 5 rings (SSSR count). The van der Waals surface area contributed by atoms with Crippen molar-refractivity contribution in [2.24, 2.45) is 0 Å². The Hall–Kier alpha value is -3.79. The number of aromatic nitrogens is 3. The van der Waals surface area contributed by atoms with E-state index in [4.69, 9.17) is 8.94 Å². The zero-order chi connectivity index (χ0) is 20.5. The van der Waals surface area contributed by atoms with Gasteiger partial charge in [0.15, 0.2) is 16.6 Å². The summed E-state index contributed by atoms with van der Waals surface area (Å²) in [7, 11) is 0. The first-order valence-electron chi connectivity index (χ1n) is 9.18. The molecule has 0 atom stereocenters. The minimum Gasteiger partial charge on any atom is -0.461 e. The third-order valence-electron chi connectivity index (χ3n) is 4.63. The summed E-state index contributed by atoms with van der Waals surface area (Å²) in [6, 6.07) is 10.2. The van der Waals surface area contributed by atoms with Gasteiger partial charge in [0.1, 0.15) is 5.69 Å². The van der Waals surface area contributed by atoms with E-state index in [9.17, 15) is 9.59 Å². The lowest BCUT2D eigenvalue weighted by atomic mass is 10.1. The average molecular weight is 421 g/mol. The van der Waals surface area contributed by atoms with Crippen LogP contribution in [0, 0.1) is 0 Å². The van der Waals surface area contributed by atoms with E-state index in [1.165, 1.54) is 17.6 Å². The zero-order valence-corrected chi connectivity index (χ0v) is 16.4. The van der Waals surface area contributed by atoms with Gasteiger partial charge in [-0.05, 0) is 24.3 Å². The fourth-order valence-corrected chi connectivity index (χ4v) is 4.17. The lowest BCUT2D eigenvalue weighted by Crippen LogP contribution is -2.35. The van der Waals surface area contributed by atoms with Crippen LogP contribution < -0.4 is 5.32 Å². The summed E-state index contributed by atoms with van der Waals surface area (Å²) in [5.41, 5.74) is 1.43. The van der Waals surface area contributed by atoms with Gasteiger partial charge in [-0.15, -0.1) is 0 Å². The standard InChI is InChI=1S/C20H15N5O4S/c26-18(13-4-1-2-7-21-13)23-20-22-12-6-8-25(11-17(12)30-20)19(27)14-10-16(29-24-14)15-5-3-9-28-15/h1-5,7,9-10H,6,8,11H2,(H,22,23,26). The zero-order valence-electron chi connectivity index (χ0n) is 15.6. The van der Waals surface area contributed by atoms with E-state index in [-0.39, 0.29) is 17.5 Å². The first kappa shape index (κ1) is 18.3. The van der Waals surface area contributed by atoms with Crippen LogP contribution in [0.5, 0.6) is 0 Å². The Morgan fingerprint density at radius 1 is 1.13 bits per heavy atom. The van der Waals surface area contributed by atoms with Crippen molar-refractivity contribution in [1.82, 2.24) is 20.0 Å². The third kappa shape index (κ3) is 3.48. The maximum atomic E-state index is 12.8. The summed E-state index contributed by atoms with van der Waals surface area (Å²) in [6.07, 6.45) is 3.69. The highest BCUT2D eigenvalue weighted by molar-refractivity contribution is 7.15. The van der Waals surface area contributed by atoms with E-state index >= 15 is 0 Å². The SMILES string of the molecule is O=C(Nc1nc2c(s1)CN(C(=O)c1cc(-c3ccco3)on1)CC2)c1ccccn1. The number of anilines is 1. The maximum absolute atomic E-state index is 12.8. The molecule has 4 aromatic heterocycles. The molecule has 10 heteroatoms. The molecule has 0 spiro atoms. The highest BCUT2D eigenvalue weighted by Crippen LogP contribution is 2.29. The number of pyridine rings is 1.